The average molecular weight is 352 g/mol. The highest BCUT2D eigenvalue weighted by atomic mass is 32.3. The summed E-state index contributed by atoms with van der Waals surface area (Å²) in [5, 5.41) is 0. The van der Waals surface area contributed by atoms with Gasteiger partial charge in [0.1, 0.15) is 0 Å². The molecule has 6 nitrogen and oxygen atoms in total. The predicted octanol–water partition coefficient (Wildman–Crippen LogP) is 1.25. The van der Waals surface area contributed by atoms with Crippen molar-refractivity contribution < 1.29 is 51.5 Å². The van der Waals surface area contributed by atoms with Crippen LogP contribution in [-0.4, -0.2) is 39.6 Å². The average Bonchev–Trinajstić information content (AvgIpc) is 2.07. The van der Waals surface area contributed by atoms with Gasteiger partial charge in [-0.15, -0.1) is 0 Å². The highest BCUT2D eigenvalue weighted by molar-refractivity contribution is 8.06. The van der Waals surface area contributed by atoms with E-state index in [2.05, 4.69) is 8.37 Å². The van der Waals surface area contributed by atoms with Gasteiger partial charge in [0.2, 0.25) is 6.29 Å². The molecule has 1 fully saturated rings. The van der Waals surface area contributed by atoms with Gasteiger partial charge in [-0.25, -0.2) is 8.37 Å². The summed E-state index contributed by atoms with van der Waals surface area (Å²) in [6.45, 7) is -0.276. The van der Waals surface area contributed by atoms with Gasteiger partial charge in [0.15, 0.2) is 0 Å². The van der Waals surface area contributed by atoms with E-state index in [1.165, 1.54) is 0 Å². The van der Waals surface area contributed by atoms with Crippen molar-refractivity contribution in [3.05, 3.63) is 0 Å². The van der Waals surface area contributed by atoms with E-state index in [0.29, 0.717) is 0 Å². The highest BCUT2D eigenvalue weighted by Crippen LogP contribution is 2.47. The van der Waals surface area contributed by atoms with Crippen molar-refractivity contribution >= 4 is 20.2 Å². The van der Waals surface area contributed by atoms with Gasteiger partial charge < -0.3 is 0 Å². The molecular formula is C6H6F6O6S2. The van der Waals surface area contributed by atoms with Gasteiger partial charge in [-0.1, -0.05) is 0 Å². The molecule has 0 radical (unpaired) electrons. The molecule has 120 valence electrons. The molecular weight excluding hydrogens is 346 g/mol. The van der Waals surface area contributed by atoms with Crippen LogP contribution in [0.3, 0.4) is 0 Å². The number of hydrogen-bond donors (Lipinski definition) is 0. The van der Waals surface area contributed by atoms with Crippen LogP contribution in [0.15, 0.2) is 0 Å². The molecule has 0 N–H and O–H groups in total. The summed E-state index contributed by atoms with van der Waals surface area (Å²) in [5.41, 5.74) is 0. The van der Waals surface area contributed by atoms with E-state index in [4.69, 9.17) is 0 Å². The van der Waals surface area contributed by atoms with Gasteiger partial charge in [-0.2, -0.15) is 43.2 Å². The first-order valence-electron chi connectivity index (χ1n) is 4.53. The fraction of sp³-hybridized carbons (Fsp3) is 1.00. The Bertz CT molecular complexity index is 550. The van der Waals surface area contributed by atoms with Crippen LogP contribution in [0.5, 0.6) is 0 Å². The predicted molar refractivity (Wildman–Crippen MR) is 48.9 cm³/mol. The second kappa shape index (κ2) is 4.45. The Labute approximate surface area is 108 Å². The second-order valence-corrected chi connectivity index (χ2v) is 7.89. The topological polar surface area (TPSA) is 86.7 Å². The van der Waals surface area contributed by atoms with Crippen molar-refractivity contribution in [1.29, 1.82) is 0 Å². The van der Waals surface area contributed by atoms with Crippen molar-refractivity contribution in [2.45, 2.75) is 36.1 Å². The Hall–Kier alpha value is -0.600. The Morgan fingerprint density at radius 3 is 1.55 bits per heavy atom. The van der Waals surface area contributed by atoms with Crippen LogP contribution < -0.4 is 0 Å². The summed E-state index contributed by atoms with van der Waals surface area (Å²) >= 11 is 0. The van der Waals surface area contributed by atoms with Gasteiger partial charge >= 0.3 is 36.7 Å². The van der Waals surface area contributed by atoms with Crippen LogP contribution in [0.2, 0.25) is 0 Å². The summed E-state index contributed by atoms with van der Waals surface area (Å²) in [6.07, 6.45) is -16.1. The van der Waals surface area contributed by atoms with Gasteiger partial charge in [-0.05, 0) is 6.92 Å². The van der Waals surface area contributed by atoms with Gasteiger partial charge in [0.25, 0.3) is 0 Å². The van der Waals surface area contributed by atoms with E-state index < -0.39 is 49.4 Å². The number of halogens is 6. The van der Waals surface area contributed by atoms with Crippen molar-refractivity contribution in [2.75, 3.05) is 0 Å². The Balaban J connectivity index is 3.34. The maximum absolute atomic E-state index is 12.6. The zero-order valence-corrected chi connectivity index (χ0v) is 11.0. The maximum atomic E-state index is 12.6. The smallest absolute Gasteiger partial charge is 0.235 e. The molecule has 1 rings (SSSR count). The number of alkyl halides is 6. The fourth-order valence-electron chi connectivity index (χ4n) is 1.15. The molecule has 14 heteroatoms. The Kier molecular flexibility index (Phi) is 3.88. The molecule has 0 aromatic carbocycles. The highest BCUT2D eigenvalue weighted by Gasteiger charge is 2.74. The third-order valence-electron chi connectivity index (χ3n) is 2.34. The van der Waals surface area contributed by atoms with Crippen LogP contribution in [0, 0.1) is 0 Å². The minimum atomic E-state index is -5.95. The minimum absolute atomic E-state index is 0.276. The zero-order chi connectivity index (χ0) is 16.2. The molecule has 1 aliphatic rings. The van der Waals surface area contributed by atoms with Crippen LogP contribution in [0.25, 0.3) is 0 Å². The summed E-state index contributed by atoms with van der Waals surface area (Å²) in [6, 6.07) is 0. The van der Waals surface area contributed by atoms with Crippen molar-refractivity contribution in [1.82, 2.24) is 0 Å². The third-order valence-corrected chi connectivity index (χ3v) is 6.87. The van der Waals surface area contributed by atoms with Crippen LogP contribution in [0.4, 0.5) is 26.3 Å². The lowest BCUT2D eigenvalue weighted by Crippen LogP contribution is -2.61. The van der Waals surface area contributed by atoms with E-state index in [1.807, 2.05) is 0 Å². The lowest BCUT2D eigenvalue weighted by atomic mass is 10.4. The molecule has 0 aromatic rings. The number of rotatable bonds is 1. The van der Waals surface area contributed by atoms with E-state index >= 15 is 0 Å². The van der Waals surface area contributed by atoms with Gasteiger partial charge in [0.05, 0.1) is 6.42 Å². The van der Waals surface area contributed by atoms with E-state index in [9.17, 15) is 43.2 Å². The molecule has 0 amide bonds. The minimum Gasteiger partial charge on any atom is -0.235 e. The van der Waals surface area contributed by atoms with Gasteiger partial charge in [0, 0.05) is 0 Å². The number of hydrogen-bond acceptors (Lipinski definition) is 6. The van der Waals surface area contributed by atoms with Crippen molar-refractivity contribution in [3.8, 4) is 0 Å². The lowest BCUT2D eigenvalue weighted by Gasteiger charge is -2.36. The molecule has 0 saturated carbocycles. The SMILES string of the molecule is CC1(C(F)(F)F)S(=O)(=O)OC(CC(F)(F)F)OS1(=O)=O. The molecule has 1 saturated heterocycles. The van der Waals surface area contributed by atoms with Crippen LogP contribution in [0.1, 0.15) is 13.3 Å². The molecule has 0 spiro atoms. The van der Waals surface area contributed by atoms with E-state index in [-0.39, 0.29) is 6.92 Å². The molecule has 20 heavy (non-hydrogen) atoms. The molecule has 0 aliphatic carbocycles. The maximum Gasteiger partial charge on any atom is 0.426 e. The molecule has 1 heterocycles. The Morgan fingerprint density at radius 2 is 1.30 bits per heavy atom. The molecule has 1 aliphatic heterocycles. The summed E-state index contributed by atoms with van der Waals surface area (Å²) in [4.78, 5) is 0. The third kappa shape index (κ3) is 2.73. The normalized spacial score (nSPS) is 33.9. The Morgan fingerprint density at radius 1 is 0.950 bits per heavy atom. The largest absolute Gasteiger partial charge is 0.426 e. The van der Waals surface area contributed by atoms with E-state index in [0.717, 1.165) is 0 Å². The first kappa shape index (κ1) is 17.5. The summed E-state index contributed by atoms with van der Waals surface area (Å²) in [5.74, 6) is 0. The summed E-state index contributed by atoms with van der Waals surface area (Å²) < 4.78 is 122. The quantitative estimate of drug-likeness (QED) is 0.521. The van der Waals surface area contributed by atoms with Crippen molar-refractivity contribution in [2.24, 2.45) is 0 Å². The standard InChI is InChI=1S/C6H6F6O6S2/c1-4(6(10,11)12)19(13,14)17-3(2-5(7,8)9)18-20(4,15)16/h3H,2H2,1H3. The monoisotopic (exact) mass is 352 g/mol. The van der Waals surface area contributed by atoms with Crippen molar-refractivity contribution in [3.63, 3.8) is 0 Å². The first-order valence-corrected chi connectivity index (χ1v) is 7.34. The fourth-order valence-corrected chi connectivity index (χ4v) is 4.15. The second-order valence-electron chi connectivity index (χ2n) is 3.79. The molecule has 0 bridgehead atoms. The van der Waals surface area contributed by atoms with Crippen LogP contribution >= 0.6 is 0 Å². The lowest BCUT2D eigenvalue weighted by molar-refractivity contribution is -0.183. The first-order chi connectivity index (χ1) is 8.54. The van der Waals surface area contributed by atoms with Gasteiger partial charge in [-0.3, -0.25) is 0 Å². The van der Waals surface area contributed by atoms with Crippen LogP contribution in [-0.2, 0) is 28.6 Å². The summed E-state index contributed by atoms with van der Waals surface area (Å²) in [7, 11) is -11.9. The molecule has 0 aromatic heterocycles. The van der Waals surface area contributed by atoms with E-state index in [1.54, 1.807) is 0 Å². The zero-order valence-electron chi connectivity index (χ0n) is 9.32. The molecule has 0 unspecified atom stereocenters. The molecule has 0 atom stereocenters.